The van der Waals surface area contributed by atoms with E-state index in [1.807, 2.05) is 20.8 Å². The number of carbonyl (C=O) groups excluding carboxylic acids is 1. The molecule has 0 aromatic carbocycles. The quantitative estimate of drug-likeness (QED) is 0.536. The Balaban J connectivity index is 2.35. The van der Waals surface area contributed by atoms with E-state index in [4.69, 9.17) is 4.74 Å². The lowest BCUT2D eigenvalue weighted by Crippen LogP contribution is -2.30. The molecule has 0 aliphatic heterocycles. The highest BCUT2D eigenvalue weighted by Gasteiger charge is 2.28. The predicted octanol–water partition coefficient (Wildman–Crippen LogP) is 3.28. The molecule has 1 saturated carbocycles. The number of rotatable bonds is 1. The first-order chi connectivity index (χ1) is 6.39. The van der Waals surface area contributed by atoms with Crippen LogP contribution in [-0.4, -0.2) is 16.9 Å². The van der Waals surface area contributed by atoms with Gasteiger partial charge in [-0.05, 0) is 46.5 Å². The van der Waals surface area contributed by atoms with Gasteiger partial charge < -0.3 is 4.74 Å². The minimum absolute atomic E-state index is 0.0736. The van der Waals surface area contributed by atoms with Crippen molar-refractivity contribution in [2.45, 2.75) is 57.4 Å². The molecule has 1 rings (SSSR count). The molecule has 0 heterocycles. The lowest BCUT2D eigenvalue weighted by atomic mass is 9.95. The number of hydrogen-bond donors (Lipinski definition) is 0. The Hall–Kier alpha value is -0.0500. The van der Waals surface area contributed by atoms with Crippen LogP contribution >= 0.6 is 15.9 Å². The third kappa shape index (κ3) is 3.60. The van der Waals surface area contributed by atoms with Gasteiger partial charge in [0, 0.05) is 4.83 Å². The van der Waals surface area contributed by atoms with E-state index in [2.05, 4.69) is 15.9 Å². The molecule has 3 heteroatoms. The minimum Gasteiger partial charge on any atom is -0.462 e. The molecule has 0 unspecified atom stereocenters. The minimum atomic E-state index is -0.370. The summed E-state index contributed by atoms with van der Waals surface area (Å²) in [6.07, 6.45) is 4.37. The highest BCUT2D eigenvalue weighted by molar-refractivity contribution is 9.09. The van der Waals surface area contributed by atoms with E-state index in [0.717, 1.165) is 25.7 Å². The van der Waals surface area contributed by atoms with Crippen LogP contribution in [0.5, 0.6) is 0 Å². The average Bonchev–Trinajstić information content (AvgIpc) is 2.07. The van der Waals surface area contributed by atoms with Gasteiger partial charge in [0.25, 0.3) is 0 Å². The molecule has 14 heavy (non-hydrogen) atoms. The van der Waals surface area contributed by atoms with Crippen molar-refractivity contribution < 1.29 is 9.53 Å². The lowest BCUT2D eigenvalue weighted by Gasteiger charge is -2.28. The fourth-order valence-electron chi connectivity index (χ4n) is 1.47. The summed E-state index contributed by atoms with van der Waals surface area (Å²) in [5, 5.41) is 0. The van der Waals surface area contributed by atoms with Crippen molar-refractivity contribution in [1.29, 1.82) is 0 Å². The molecule has 0 aromatic heterocycles. The van der Waals surface area contributed by atoms with Crippen LogP contribution in [0.15, 0.2) is 0 Å². The highest BCUT2D eigenvalue weighted by atomic mass is 79.9. The number of hydrogen-bond acceptors (Lipinski definition) is 2. The number of esters is 1. The molecule has 0 aromatic rings. The van der Waals surface area contributed by atoms with Gasteiger partial charge in [0.15, 0.2) is 0 Å². The SMILES string of the molecule is CC(C)(C)C(=O)OC1CCC(Br)CC1. The van der Waals surface area contributed by atoms with Crippen LogP contribution in [0.2, 0.25) is 0 Å². The molecule has 0 atom stereocenters. The van der Waals surface area contributed by atoms with Crippen LogP contribution in [0, 0.1) is 5.41 Å². The maximum atomic E-state index is 11.6. The van der Waals surface area contributed by atoms with Gasteiger partial charge in [-0.3, -0.25) is 4.79 Å². The number of alkyl halides is 1. The molecule has 0 radical (unpaired) electrons. The average molecular weight is 263 g/mol. The van der Waals surface area contributed by atoms with Crippen molar-refractivity contribution in [3.8, 4) is 0 Å². The first-order valence-electron chi connectivity index (χ1n) is 5.25. The first-order valence-corrected chi connectivity index (χ1v) is 6.16. The van der Waals surface area contributed by atoms with Crippen LogP contribution in [0.3, 0.4) is 0 Å². The van der Waals surface area contributed by atoms with Crippen LogP contribution in [0.25, 0.3) is 0 Å². The second-order valence-electron chi connectivity index (χ2n) is 5.03. The van der Waals surface area contributed by atoms with Crippen molar-refractivity contribution in [2.75, 3.05) is 0 Å². The van der Waals surface area contributed by atoms with Crippen LogP contribution in [-0.2, 0) is 9.53 Å². The number of carbonyl (C=O) groups is 1. The maximum Gasteiger partial charge on any atom is 0.311 e. The molecule has 0 N–H and O–H groups in total. The Morgan fingerprint density at radius 2 is 1.71 bits per heavy atom. The van der Waals surface area contributed by atoms with Gasteiger partial charge in [-0.2, -0.15) is 0 Å². The van der Waals surface area contributed by atoms with Gasteiger partial charge in [-0.25, -0.2) is 0 Å². The Labute approximate surface area is 94.5 Å². The fourth-order valence-corrected chi connectivity index (χ4v) is 2.00. The summed E-state index contributed by atoms with van der Waals surface area (Å²) in [6, 6.07) is 0. The monoisotopic (exact) mass is 262 g/mol. The van der Waals surface area contributed by atoms with Gasteiger partial charge in [-0.15, -0.1) is 0 Å². The molecular weight excluding hydrogens is 244 g/mol. The van der Waals surface area contributed by atoms with E-state index in [1.54, 1.807) is 0 Å². The van der Waals surface area contributed by atoms with Crippen LogP contribution in [0.1, 0.15) is 46.5 Å². The Bertz CT molecular complexity index is 200. The van der Waals surface area contributed by atoms with E-state index in [1.165, 1.54) is 0 Å². The molecule has 1 aliphatic rings. The van der Waals surface area contributed by atoms with Gasteiger partial charge >= 0.3 is 5.97 Å². The maximum absolute atomic E-state index is 11.6. The summed E-state index contributed by atoms with van der Waals surface area (Å²) in [7, 11) is 0. The lowest BCUT2D eigenvalue weighted by molar-refractivity contribution is -0.159. The topological polar surface area (TPSA) is 26.3 Å². The summed E-state index contributed by atoms with van der Waals surface area (Å²) in [5.41, 5.74) is -0.370. The van der Waals surface area contributed by atoms with Crippen LogP contribution in [0.4, 0.5) is 0 Å². The summed E-state index contributed by atoms with van der Waals surface area (Å²) < 4.78 is 5.44. The van der Waals surface area contributed by atoms with E-state index in [9.17, 15) is 4.79 Å². The largest absolute Gasteiger partial charge is 0.462 e. The summed E-state index contributed by atoms with van der Waals surface area (Å²) in [4.78, 5) is 12.2. The molecule has 0 bridgehead atoms. The predicted molar refractivity (Wildman–Crippen MR) is 60.5 cm³/mol. The Morgan fingerprint density at radius 3 is 2.14 bits per heavy atom. The van der Waals surface area contributed by atoms with Gasteiger partial charge in [0.1, 0.15) is 6.10 Å². The van der Waals surface area contributed by atoms with Crippen molar-refractivity contribution in [2.24, 2.45) is 5.41 Å². The molecule has 2 nitrogen and oxygen atoms in total. The molecular formula is C11H19BrO2. The van der Waals surface area contributed by atoms with Crippen molar-refractivity contribution in [3.05, 3.63) is 0 Å². The third-order valence-electron chi connectivity index (χ3n) is 2.49. The summed E-state index contributed by atoms with van der Waals surface area (Å²) in [5.74, 6) is -0.0736. The van der Waals surface area contributed by atoms with E-state index >= 15 is 0 Å². The fraction of sp³-hybridized carbons (Fsp3) is 0.909. The zero-order valence-corrected chi connectivity index (χ0v) is 10.8. The normalized spacial score (nSPS) is 28.6. The van der Waals surface area contributed by atoms with Crippen LogP contribution < -0.4 is 0 Å². The van der Waals surface area contributed by atoms with Gasteiger partial charge in [0.05, 0.1) is 5.41 Å². The van der Waals surface area contributed by atoms with E-state index in [-0.39, 0.29) is 17.5 Å². The Morgan fingerprint density at radius 1 is 1.21 bits per heavy atom. The zero-order chi connectivity index (χ0) is 10.8. The molecule has 0 amide bonds. The van der Waals surface area contributed by atoms with E-state index in [0.29, 0.717) is 4.83 Å². The molecule has 0 spiro atoms. The second-order valence-corrected chi connectivity index (χ2v) is 6.32. The smallest absolute Gasteiger partial charge is 0.311 e. The molecule has 0 saturated heterocycles. The summed E-state index contributed by atoms with van der Waals surface area (Å²) in [6.45, 7) is 5.68. The molecule has 1 fully saturated rings. The van der Waals surface area contributed by atoms with Crippen molar-refractivity contribution in [1.82, 2.24) is 0 Å². The van der Waals surface area contributed by atoms with Gasteiger partial charge in [0.2, 0.25) is 0 Å². The van der Waals surface area contributed by atoms with Crippen molar-refractivity contribution in [3.63, 3.8) is 0 Å². The zero-order valence-electron chi connectivity index (χ0n) is 9.18. The molecule has 82 valence electrons. The number of halogens is 1. The number of ether oxygens (including phenoxy) is 1. The third-order valence-corrected chi connectivity index (χ3v) is 3.41. The Kier molecular flexibility index (Phi) is 3.99. The van der Waals surface area contributed by atoms with E-state index < -0.39 is 0 Å². The molecule has 1 aliphatic carbocycles. The van der Waals surface area contributed by atoms with Crippen molar-refractivity contribution >= 4 is 21.9 Å². The first kappa shape index (κ1) is 12.0. The highest BCUT2D eigenvalue weighted by Crippen LogP contribution is 2.28. The second kappa shape index (κ2) is 4.65. The summed E-state index contributed by atoms with van der Waals surface area (Å²) >= 11 is 3.58. The standard InChI is InChI=1S/C11H19BrO2/c1-11(2,3)10(13)14-9-6-4-8(12)5-7-9/h8-9H,4-7H2,1-3H3. The van der Waals surface area contributed by atoms with Gasteiger partial charge in [-0.1, -0.05) is 15.9 Å².